The van der Waals surface area contributed by atoms with Crippen LogP contribution in [0.3, 0.4) is 0 Å². The first-order valence-corrected chi connectivity index (χ1v) is 7.35. The lowest BCUT2D eigenvalue weighted by atomic mass is 10.0. The Morgan fingerprint density at radius 1 is 1.30 bits per heavy atom. The van der Waals surface area contributed by atoms with E-state index in [4.69, 9.17) is 5.11 Å². The Bertz CT molecular complexity index is 632. The van der Waals surface area contributed by atoms with Crippen molar-refractivity contribution in [3.05, 3.63) is 30.1 Å². The van der Waals surface area contributed by atoms with Crippen LogP contribution in [0.15, 0.2) is 24.5 Å². The summed E-state index contributed by atoms with van der Waals surface area (Å²) in [5.41, 5.74) is 2.16. The minimum absolute atomic E-state index is 0.334. The number of imidazole rings is 1. The molecule has 0 saturated heterocycles. The first-order valence-electron chi connectivity index (χ1n) is 7.35. The topological polar surface area (TPSA) is 55.1 Å². The lowest BCUT2D eigenvalue weighted by molar-refractivity contribution is 0.0697. The highest BCUT2D eigenvalue weighted by Gasteiger charge is 2.19. The number of benzene rings is 1. The maximum atomic E-state index is 11.1. The molecule has 106 valence electrons. The molecule has 1 fully saturated rings. The third-order valence-electron chi connectivity index (χ3n) is 4.44. The van der Waals surface area contributed by atoms with E-state index in [0.29, 0.717) is 11.6 Å². The summed E-state index contributed by atoms with van der Waals surface area (Å²) in [6, 6.07) is 5.62. The maximum Gasteiger partial charge on any atom is 0.335 e. The zero-order valence-corrected chi connectivity index (χ0v) is 11.7. The van der Waals surface area contributed by atoms with Crippen LogP contribution in [-0.4, -0.2) is 20.6 Å². The minimum Gasteiger partial charge on any atom is -0.478 e. The van der Waals surface area contributed by atoms with E-state index in [1.54, 1.807) is 18.2 Å². The summed E-state index contributed by atoms with van der Waals surface area (Å²) in [5, 5.41) is 9.13. The summed E-state index contributed by atoms with van der Waals surface area (Å²) in [4.78, 5) is 15.5. The Hall–Kier alpha value is -1.84. The summed E-state index contributed by atoms with van der Waals surface area (Å²) in [6.45, 7) is 2.32. The van der Waals surface area contributed by atoms with Gasteiger partial charge in [0.1, 0.15) is 0 Å². The number of hydrogen-bond acceptors (Lipinski definition) is 2. The van der Waals surface area contributed by atoms with Gasteiger partial charge in [0.2, 0.25) is 0 Å². The largest absolute Gasteiger partial charge is 0.478 e. The summed E-state index contributed by atoms with van der Waals surface area (Å²) in [6.07, 6.45) is 7.96. The van der Waals surface area contributed by atoms with Crippen molar-refractivity contribution in [2.24, 2.45) is 5.92 Å². The third kappa shape index (κ3) is 2.42. The molecule has 2 unspecified atom stereocenters. The van der Waals surface area contributed by atoms with Crippen molar-refractivity contribution in [1.82, 2.24) is 9.55 Å². The third-order valence-corrected chi connectivity index (χ3v) is 4.44. The molecule has 4 heteroatoms. The molecule has 1 aliphatic rings. The van der Waals surface area contributed by atoms with Crippen LogP contribution in [0.2, 0.25) is 0 Å². The molecule has 0 spiro atoms. The monoisotopic (exact) mass is 272 g/mol. The highest BCUT2D eigenvalue weighted by atomic mass is 16.4. The number of aromatic nitrogens is 2. The van der Waals surface area contributed by atoms with Gasteiger partial charge in [-0.3, -0.25) is 0 Å². The van der Waals surface area contributed by atoms with Crippen LogP contribution >= 0.6 is 0 Å². The molecule has 3 rings (SSSR count). The summed E-state index contributed by atoms with van der Waals surface area (Å²) in [5.74, 6) is -0.0847. The molecule has 0 aliphatic heterocycles. The van der Waals surface area contributed by atoms with Crippen LogP contribution in [0.5, 0.6) is 0 Å². The van der Waals surface area contributed by atoms with E-state index in [-0.39, 0.29) is 0 Å². The predicted molar refractivity (Wildman–Crippen MR) is 78.0 cm³/mol. The van der Waals surface area contributed by atoms with E-state index in [1.165, 1.54) is 19.3 Å². The average molecular weight is 272 g/mol. The second kappa shape index (κ2) is 5.27. The van der Waals surface area contributed by atoms with E-state index in [9.17, 15) is 4.79 Å². The van der Waals surface area contributed by atoms with Crippen LogP contribution in [0.1, 0.15) is 55.4 Å². The van der Waals surface area contributed by atoms with E-state index < -0.39 is 5.97 Å². The average Bonchev–Trinajstić information content (AvgIpc) is 2.73. The quantitative estimate of drug-likeness (QED) is 0.844. The molecular weight excluding hydrogens is 252 g/mol. The number of carboxylic acid groups (broad SMARTS) is 1. The number of aromatic carboxylic acids is 1. The van der Waals surface area contributed by atoms with E-state index in [2.05, 4.69) is 16.5 Å². The second-order valence-corrected chi connectivity index (χ2v) is 5.93. The lowest BCUT2D eigenvalue weighted by Crippen LogP contribution is -2.07. The minimum atomic E-state index is -0.880. The van der Waals surface area contributed by atoms with Gasteiger partial charge in [-0.15, -0.1) is 0 Å². The van der Waals surface area contributed by atoms with E-state index in [1.807, 2.05) is 6.33 Å². The first kappa shape index (κ1) is 13.2. The van der Waals surface area contributed by atoms with Crippen LogP contribution in [0, 0.1) is 5.92 Å². The van der Waals surface area contributed by atoms with Gasteiger partial charge in [-0.1, -0.05) is 19.8 Å². The van der Waals surface area contributed by atoms with Gasteiger partial charge < -0.3 is 9.67 Å². The Morgan fingerprint density at radius 2 is 2.15 bits per heavy atom. The molecule has 0 bridgehead atoms. The SMILES string of the molecule is CC1CCCC(n2cnc3ccc(C(=O)O)cc32)CC1. The lowest BCUT2D eigenvalue weighted by Gasteiger charge is -2.17. The molecule has 1 aromatic heterocycles. The fraction of sp³-hybridized carbons (Fsp3) is 0.500. The van der Waals surface area contributed by atoms with Gasteiger partial charge >= 0.3 is 5.97 Å². The molecule has 1 aromatic carbocycles. The van der Waals surface area contributed by atoms with Crippen LogP contribution in [-0.2, 0) is 0 Å². The molecule has 2 aromatic rings. The van der Waals surface area contributed by atoms with Crippen molar-refractivity contribution < 1.29 is 9.90 Å². The Balaban J connectivity index is 1.98. The van der Waals surface area contributed by atoms with Crippen molar-refractivity contribution in [3.63, 3.8) is 0 Å². The van der Waals surface area contributed by atoms with Gasteiger partial charge in [0, 0.05) is 6.04 Å². The number of fused-ring (bicyclic) bond motifs is 1. The van der Waals surface area contributed by atoms with Gasteiger partial charge in [-0.25, -0.2) is 9.78 Å². The van der Waals surface area contributed by atoms with Crippen molar-refractivity contribution >= 4 is 17.0 Å². The standard InChI is InChI=1S/C16H20N2O2/c1-11-3-2-4-13(7-5-11)18-10-17-14-8-6-12(16(19)20)9-15(14)18/h6,8-11,13H,2-5,7H2,1H3,(H,19,20). The molecule has 4 nitrogen and oxygen atoms in total. The van der Waals surface area contributed by atoms with Crippen molar-refractivity contribution in [2.45, 2.75) is 45.1 Å². The van der Waals surface area contributed by atoms with Gasteiger partial charge in [0.25, 0.3) is 0 Å². The molecule has 0 radical (unpaired) electrons. The second-order valence-electron chi connectivity index (χ2n) is 5.93. The van der Waals surface area contributed by atoms with Gasteiger partial charge in [-0.05, 0) is 43.4 Å². The highest BCUT2D eigenvalue weighted by Crippen LogP contribution is 2.32. The smallest absolute Gasteiger partial charge is 0.335 e. The van der Waals surface area contributed by atoms with Crippen LogP contribution < -0.4 is 0 Å². The molecule has 20 heavy (non-hydrogen) atoms. The number of hydrogen-bond donors (Lipinski definition) is 1. The first-order chi connectivity index (χ1) is 9.65. The Morgan fingerprint density at radius 3 is 2.95 bits per heavy atom. The van der Waals surface area contributed by atoms with Crippen molar-refractivity contribution in [2.75, 3.05) is 0 Å². The molecule has 1 heterocycles. The maximum absolute atomic E-state index is 11.1. The zero-order chi connectivity index (χ0) is 14.1. The number of nitrogens with zero attached hydrogens (tertiary/aromatic N) is 2. The molecule has 0 amide bonds. The van der Waals surface area contributed by atoms with Crippen molar-refractivity contribution in [1.29, 1.82) is 0 Å². The van der Waals surface area contributed by atoms with E-state index in [0.717, 1.165) is 29.8 Å². The molecule has 1 aliphatic carbocycles. The Labute approximate surface area is 118 Å². The fourth-order valence-corrected chi connectivity index (χ4v) is 3.20. The number of rotatable bonds is 2. The number of carbonyl (C=O) groups is 1. The molecule has 1 N–H and O–H groups in total. The highest BCUT2D eigenvalue weighted by molar-refractivity contribution is 5.92. The van der Waals surface area contributed by atoms with Crippen molar-refractivity contribution in [3.8, 4) is 0 Å². The van der Waals surface area contributed by atoms with Gasteiger partial charge in [0.15, 0.2) is 0 Å². The molecular formula is C16H20N2O2. The summed E-state index contributed by atoms with van der Waals surface area (Å²) in [7, 11) is 0. The fourth-order valence-electron chi connectivity index (χ4n) is 3.20. The van der Waals surface area contributed by atoms with Crippen LogP contribution in [0.25, 0.3) is 11.0 Å². The van der Waals surface area contributed by atoms with Gasteiger partial charge in [-0.2, -0.15) is 0 Å². The summed E-state index contributed by atoms with van der Waals surface area (Å²) < 4.78 is 2.18. The Kier molecular flexibility index (Phi) is 3.47. The molecule has 2 atom stereocenters. The number of carboxylic acids is 1. The zero-order valence-electron chi connectivity index (χ0n) is 11.7. The van der Waals surface area contributed by atoms with E-state index >= 15 is 0 Å². The molecule has 1 saturated carbocycles. The summed E-state index contributed by atoms with van der Waals surface area (Å²) >= 11 is 0. The normalized spacial score (nSPS) is 23.6. The van der Waals surface area contributed by atoms with Crippen LogP contribution in [0.4, 0.5) is 0 Å². The van der Waals surface area contributed by atoms with Gasteiger partial charge in [0.05, 0.1) is 22.9 Å². The predicted octanol–water partition coefficient (Wildman–Crippen LogP) is 3.88.